The van der Waals surface area contributed by atoms with Crippen LogP contribution in [0.25, 0.3) is 10.9 Å². The molecule has 2 aromatic rings. The molecule has 1 aromatic heterocycles. The molecule has 6 nitrogen and oxygen atoms in total. The summed E-state index contributed by atoms with van der Waals surface area (Å²) >= 11 is 0. The summed E-state index contributed by atoms with van der Waals surface area (Å²) < 4.78 is 7.17. The van der Waals surface area contributed by atoms with E-state index in [2.05, 4.69) is 5.32 Å². The van der Waals surface area contributed by atoms with E-state index in [0.717, 1.165) is 48.7 Å². The third kappa shape index (κ3) is 3.90. The number of carbonyl (C=O) groups excluding carboxylic acids is 1. The van der Waals surface area contributed by atoms with Crippen molar-refractivity contribution >= 4 is 28.5 Å². The van der Waals surface area contributed by atoms with Crippen LogP contribution in [-0.4, -0.2) is 34.8 Å². The molecule has 0 atom stereocenters. The van der Waals surface area contributed by atoms with Gasteiger partial charge < -0.3 is 19.7 Å². The van der Waals surface area contributed by atoms with Gasteiger partial charge in [0.15, 0.2) is 0 Å². The predicted octanol–water partition coefficient (Wildman–Crippen LogP) is 3.65. The van der Waals surface area contributed by atoms with Crippen molar-refractivity contribution in [1.29, 1.82) is 0 Å². The number of nitrogens with zero attached hydrogens (tertiary/aromatic N) is 1. The van der Waals surface area contributed by atoms with Gasteiger partial charge in [-0.25, -0.2) is 0 Å². The Kier molecular flexibility index (Phi) is 5.61. The van der Waals surface area contributed by atoms with Gasteiger partial charge >= 0.3 is 5.97 Å². The van der Waals surface area contributed by atoms with E-state index >= 15 is 0 Å². The van der Waals surface area contributed by atoms with Crippen LogP contribution >= 0.6 is 0 Å². The monoisotopic (exact) mass is 358 g/mol. The molecule has 26 heavy (non-hydrogen) atoms. The van der Waals surface area contributed by atoms with E-state index in [1.54, 1.807) is 10.8 Å². The number of amides is 1. The SMILES string of the molecule is CCOCCC1(C(=O)Nc2ccc3c(ccn3CC(=O)O)c2)CCCC1. The van der Waals surface area contributed by atoms with Crippen molar-refractivity contribution in [2.24, 2.45) is 5.41 Å². The standard InChI is InChI=1S/C20H26N2O4/c1-2-26-12-10-20(8-3-4-9-20)19(25)21-16-5-6-17-15(13-16)7-11-22(17)14-18(23)24/h5-7,11,13H,2-4,8-10,12,14H2,1H3,(H,21,25)(H,23,24). The molecule has 0 spiro atoms. The molecule has 2 N–H and O–H groups in total. The van der Waals surface area contributed by atoms with Gasteiger partial charge in [-0.2, -0.15) is 0 Å². The lowest BCUT2D eigenvalue weighted by molar-refractivity contribution is -0.137. The van der Waals surface area contributed by atoms with Crippen molar-refractivity contribution in [1.82, 2.24) is 4.57 Å². The molecule has 140 valence electrons. The van der Waals surface area contributed by atoms with Gasteiger partial charge in [-0.1, -0.05) is 12.8 Å². The van der Waals surface area contributed by atoms with Crippen LogP contribution in [0.1, 0.15) is 39.0 Å². The van der Waals surface area contributed by atoms with E-state index < -0.39 is 5.97 Å². The van der Waals surface area contributed by atoms with E-state index in [1.807, 2.05) is 31.2 Å². The Morgan fingerprint density at radius 2 is 2.04 bits per heavy atom. The molecule has 3 rings (SSSR count). The van der Waals surface area contributed by atoms with Crippen molar-refractivity contribution < 1.29 is 19.4 Å². The number of benzene rings is 1. The van der Waals surface area contributed by atoms with Crippen LogP contribution in [0.15, 0.2) is 30.5 Å². The zero-order chi connectivity index (χ0) is 18.6. The molecule has 6 heteroatoms. The van der Waals surface area contributed by atoms with E-state index in [1.165, 1.54) is 0 Å². The predicted molar refractivity (Wildman–Crippen MR) is 100 cm³/mol. The van der Waals surface area contributed by atoms with Gasteiger partial charge in [-0.15, -0.1) is 0 Å². The van der Waals surface area contributed by atoms with Gasteiger partial charge in [0, 0.05) is 36.0 Å². The second-order valence-electron chi connectivity index (χ2n) is 7.00. The Morgan fingerprint density at radius 3 is 2.73 bits per heavy atom. The average Bonchev–Trinajstić information content (AvgIpc) is 3.23. The fourth-order valence-corrected chi connectivity index (χ4v) is 3.88. The zero-order valence-electron chi connectivity index (χ0n) is 15.2. The van der Waals surface area contributed by atoms with Crippen LogP contribution in [0.4, 0.5) is 5.69 Å². The molecule has 1 aliphatic rings. The molecule has 1 saturated carbocycles. The first-order chi connectivity index (χ1) is 12.5. The Balaban J connectivity index is 1.74. The number of nitrogens with one attached hydrogen (secondary N) is 1. The minimum atomic E-state index is -0.877. The summed E-state index contributed by atoms with van der Waals surface area (Å²) in [5.41, 5.74) is 1.26. The maximum atomic E-state index is 13.0. The smallest absolute Gasteiger partial charge is 0.323 e. The molecule has 0 aliphatic heterocycles. The highest BCUT2D eigenvalue weighted by Gasteiger charge is 2.40. The van der Waals surface area contributed by atoms with Gasteiger partial charge in [-0.3, -0.25) is 9.59 Å². The third-order valence-corrected chi connectivity index (χ3v) is 5.31. The highest BCUT2D eigenvalue weighted by atomic mass is 16.5. The summed E-state index contributed by atoms with van der Waals surface area (Å²) in [6, 6.07) is 7.46. The van der Waals surface area contributed by atoms with E-state index in [4.69, 9.17) is 9.84 Å². The van der Waals surface area contributed by atoms with Crippen LogP contribution in [0.5, 0.6) is 0 Å². The maximum absolute atomic E-state index is 13.0. The minimum absolute atomic E-state index is 0.0685. The van der Waals surface area contributed by atoms with Crippen LogP contribution in [0, 0.1) is 5.41 Å². The number of aromatic nitrogens is 1. The van der Waals surface area contributed by atoms with Crippen molar-refractivity contribution in [2.75, 3.05) is 18.5 Å². The molecule has 1 heterocycles. The Morgan fingerprint density at radius 1 is 1.27 bits per heavy atom. The first-order valence-corrected chi connectivity index (χ1v) is 9.24. The van der Waals surface area contributed by atoms with E-state index in [-0.39, 0.29) is 17.9 Å². The van der Waals surface area contributed by atoms with Crippen LogP contribution in [0.3, 0.4) is 0 Å². The Hall–Kier alpha value is -2.34. The van der Waals surface area contributed by atoms with Crippen LogP contribution in [0.2, 0.25) is 0 Å². The number of anilines is 1. The molecule has 0 saturated heterocycles. The second kappa shape index (κ2) is 7.91. The van der Waals surface area contributed by atoms with Gasteiger partial charge in [-0.05, 0) is 50.5 Å². The van der Waals surface area contributed by atoms with Crippen molar-refractivity contribution in [3.05, 3.63) is 30.5 Å². The minimum Gasteiger partial charge on any atom is -0.480 e. The number of carboxylic acid groups (broad SMARTS) is 1. The van der Waals surface area contributed by atoms with Crippen LogP contribution in [-0.2, 0) is 20.9 Å². The normalized spacial score (nSPS) is 16.0. The number of ether oxygens (including phenoxy) is 1. The number of aliphatic carboxylic acids is 1. The molecule has 0 bridgehead atoms. The third-order valence-electron chi connectivity index (χ3n) is 5.31. The molecule has 1 aromatic carbocycles. The van der Waals surface area contributed by atoms with E-state index in [0.29, 0.717) is 13.2 Å². The molecular weight excluding hydrogens is 332 g/mol. The van der Waals surface area contributed by atoms with Crippen molar-refractivity contribution in [3.8, 4) is 0 Å². The Bertz CT molecular complexity index is 790. The lowest BCUT2D eigenvalue weighted by Crippen LogP contribution is -2.35. The fraction of sp³-hybridized carbons (Fsp3) is 0.500. The number of fused-ring (bicyclic) bond motifs is 1. The number of rotatable bonds is 8. The summed E-state index contributed by atoms with van der Waals surface area (Å²) in [6.45, 7) is 3.17. The average molecular weight is 358 g/mol. The van der Waals surface area contributed by atoms with Crippen molar-refractivity contribution in [2.45, 2.75) is 45.6 Å². The summed E-state index contributed by atoms with van der Waals surface area (Å²) in [4.78, 5) is 23.9. The summed E-state index contributed by atoms with van der Waals surface area (Å²) in [5.74, 6) is -0.809. The first-order valence-electron chi connectivity index (χ1n) is 9.24. The van der Waals surface area contributed by atoms with Crippen molar-refractivity contribution in [3.63, 3.8) is 0 Å². The molecule has 1 fully saturated rings. The topological polar surface area (TPSA) is 80.6 Å². The molecule has 0 unspecified atom stereocenters. The van der Waals surface area contributed by atoms with Gasteiger partial charge in [0.1, 0.15) is 6.54 Å². The molecule has 0 radical (unpaired) electrons. The largest absolute Gasteiger partial charge is 0.480 e. The Labute approximate surface area is 153 Å². The number of hydrogen-bond donors (Lipinski definition) is 2. The number of hydrogen-bond acceptors (Lipinski definition) is 3. The van der Waals surface area contributed by atoms with Gasteiger partial charge in [0.25, 0.3) is 0 Å². The van der Waals surface area contributed by atoms with Gasteiger partial charge in [0.2, 0.25) is 5.91 Å². The highest BCUT2D eigenvalue weighted by molar-refractivity contribution is 5.97. The summed E-state index contributed by atoms with van der Waals surface area (Å²) in [7, 11) is 0. The van der Waals surface area contributed by atoms with E-state index in [9.17, 15) is 9.59 Å². The second-order valence-corrected chi connectivity index (χ2v) is 7.00. The van der Waals surface area contributed by atoms with Crippen LogP contribution < -0.4 is 5.32 Å². The van der Waals surface area contributed by atoms with Gasteiger partial charge in [0.05, 0.1) is 5.41 Å². The fourth-order valence-electron chi connectivity index (χ4n) is 3.88. The summed E-state index contributed by atoms with van der Waals surface area (Å²) in [5, 5.41) is 13.0. The molecule has 1 aliphatic carbocycles. The molecule has 1 amide bonds. The quantitative estimate of drug-likeness (QED) is 0.706. The lowest BCUT2D eigenvalue weighted by atomic mass is 9.82. The highest BCUT2D eigenvalue weighted by Crippen LogP contribution is 2.42. The lowest BCUT2D eigenvalue weighted by Gasteiger charge is -2.27. The number of carbonyl (C=O) groups is 2. The first kappa shape index (κ1) is 18.5. The maximum Gasteiger partial charge on any atom is 0.323 e. The zero-order valence-corrected chi connectivity index (χ0v) is 15.2. The number of carboxylic acids is 1. The summed E-state index contributed by atoms with van der Waals surface area (Å²) in [6.07, 6.45) is 6.48. The molecular formula is C20H26N2O4.